The molecule has 42 heavy (non-hydrogen) atoms. The normalized spacial score (nSPS) is 11.3. The van der Waals surface area contributed by atoms with Crippen LogP contribution < -0.4 is 4.90 Å². The van der Waals surface area contributed by atoms with Crippen molar-refractivity contribution in [2.45, 2.75) is 0 Å². The van der Waals surface area contributed by atoms with Crippen molar-refractivity contribution in [3.8, 4) is 22.3 Å². The molecule has 0 unspecified atom stereocenters. The van der Waals surface area contributed by atoms with Gasteiger partial charge in [-0.05, 0) is 58.5 Å². The molecule has 0 spiro atoms. The third-order valence-corrected chi connectivity index (χ3v) is 8.07. The van der Waals surface area contributed by atoms with Crippen LogP contribution in [0.5, 0.6) is 0 Å². The van der Waals surface area contributed by atoms with Gasteiger partial charge in [0.2, 0.25) is 0 Å². The smallest absolute Gasteiger partial charge is 0.137 e. The number of hydrogen-bond acceptors (Lipinski definition) is 2. The summed E-state index contributed by atoms with van der Waals surface area (Å²) in [5, 5.41) is 4.61. The second-order valence-corrected chi connectivity index (χ2v) is 10.5. The van der Waals surface area contributed by atoms with E-state index in [1.54, 1.807) is 0 Å². The number of furan rings is 1. The first kappa shape index (κ1) is 24.2. The number of hydrogen-bond donors (Lipinski definition) is 0. The summed E-state index contributed by atoms with van der Waals surface area (Å²) in [6.07, 6.45) is 0. The van der Waals surface area contributed by atoms with Gasteiger partial charge in [0.1, 0.15) is 11.2 Å². The van der Waals surface area contributed by atoms with Crippen molar-refractivity contribution in [3.05, 3.63) is 164 Å². The van der Waals surface area contributed by atoms with Gasteiger partial charge in [-0.3, -0.25) is 0 Å². The molecule has 0 aliphatic heterocycles. The van der Waals surface area contributed by atoms with Crippen LogP contribution in [-0.4, -0.2) is 0 Å². The first-order chi connectivity index (χ1) is 20.9. The van der Waals surface area contributed by atoms with E-state index < -0.39 is 0 Å². The van der Waals surface area contributed by atoms with Crippen molar-refractivity contribution in [1.82, 2.24) is 0 Å². The summed E-state index contributed by atoms with van der Waals surface area (Å²) in [7, 11) is 0. The first-order valence-corrected chi connectivity index (χ1v) is 14.3. The van der Waals surface area contributed by atoms with Gasteiger partial charge in [0, 0.05) is 22.0 Å². The highest BCUT2D eigenvalue weighted by Crippen LogP contribution is 2.50. The lowest BCUT2D eigenvalue weighted by atomic mass is 9.94. The van der Waals surface area contributed by atoms with Crippen molar-refractivity contribution in [2.24, 2.45) is 0 Å². The average Bonchev–Trinajstić information content (AvgIpc) is 3.45. The van der Waals surface area contributed by atoms with Gasteiger partial charge in [-0.25, -0.2) is 0 Å². The highest BCUT2D eigenvalue weighted by atomic mass is 16.3. The minimum Gasteiger partial charge on any atom is -0.456 e. The van der Waals surface area contributed by atoms with E-state index >= 15 is 0 Å². The van der Waals surface area contributed by atoms with Gasteiger partial charge < -0.3 is 9.32 Å². The third-order valence-electron chi connectivity index (χ3n) is 8.07. The van der Waals surface area contributed by atoms with E-state index in [9.17, 15) is 0 Å². The molecule has 198 valence electrons. The molecule has 0 aliphatic rings. The molecule has 0 atom stereocenters. The number of para-hydroxylation sites is 2. The predicted octanol–water partition coefficient (Wildman–Crippen LogP) is 11.5. The Balaban J connectivity index is 1.51. The van der Waals surface area contributed by atoms with Crippen molar-refractivity contribution >= 4 is 49.8 Å². The Morgan fingerprint density at radius 2 is 0.929 bits per heavy atom. The lowest BCUT2D eigenvalue weighted by Crippen LogP contribution is -2.12. The molecular formula is C40H27NO. The molecule has 0 saturated carbocycles. The van der Waals surface area contributed by atoms with Gasteiger partial charge in [0.05, 0.1) is 16.8 Å². The van der Waals surface area contributed by atoms with Gasteiger partial charge in [-0.15, -0.1) is 0 Å². The monoisotopic (exact) mass is 537 g/mol. The second kappa shape index (κ2) is 10.1. The van der Waals surface area contributed by atoms with E-state index in [0.717, 1.165) is 50.1 Å². The summed E-state index contributed by atoms with van der Waals surface area (Å²) < 4.78 is 6.44. The molecule has 1 aromatic heterocycles. The Bertz CT molecular complexity index is 2180. The first-order valence-electron chi connectivity index (χ1n) is 14.3. The fourth-order valence-corrected chi connectivity index (χ4v) is 6.19. The van der Waals surface area contributed by atoms with Crippen LogP contribution in [0.15, 0.2) is 168 Å². The number of rotatable bonds is 5. The maximum absolute atomic E-state index is 6.44. The van der Waals surface area contributed by atoms with Crippen LogP contribution in [0, 0.1) is 0 Å². The molecule has 8 aromatic rings. The van der Waals surface area contributed by atoms with Crippen LogP contribution in [-0.2, 0) is 0 Å². The zero-order valence-electron chi connectivity index (χ0n) is 22.9. The number of benzene rings is 7. The number of fused-ring (bicyclic) bond motifs is 4. The quantitative estimate of drug-likeness (QED) is 0.217. The predicted molar refractivity (Wildman–Crippen MR) is 177 cm³/mol. The van der Waals surface area contributed by atoms with Crippen LogP contribution in [0.25, 0.3) is 55.0 Å². The standard InChI is InChI=1S/C40H27NO/c1-4-14-28(15-5-1)31-24-26-36(34-21-11-10-20-33(31)34)41(30-18-8-3-9-19-30)40-32(29-16-6-2-7-17-29)25-27-38-39(40)35-22-12-13-23-37(35)42-38/h1-27H. The Morgan fingerprint density at radius 3 is 1.64 bits per heavy atom. The largest absolute Gasteiger partial charge is 0.456 e. The van der Waals surface area contributed by atoms with Crippen LogP contribution in [0.3, 0.4) is 0 Å². The van der Waals surface area contributed by atoms with E-state index in [1.807, 2.05) is 6.07 Å². The molecule has 0 radical (unpaired) electrons. The fourth-order valence-electron chi connectivity index (χ4n) is 6.19. The van der Waals surface area contributed by atoms with Crippen molar-refractivity contribution in [2.75, 3.05) is 4.90 Å². The lowest BCUT2D eigenvalue weighted by Gasteiger charge is -2.30. The summed E-state index contributed by atoms with van der Waals surface area (Å²) in [6.45, 7) is 0. The molecule has 0 aliphatic carbocycles. The summed E-state index contributed by atoms with van der Waals surface area (Å²) in [4.78, 5) is 2.42. The minimum absolute atomic E-state index is 0.872. The lowest BCUT2D eigenvalue weighted by molar-refractivity contribution is 0.669. The molecule has 8 rings (SSSR count). The van der Waals surface area contributed by atoms with Crippen molar-refractivity contribution in [3.63, 3.8) is 0 Å². The van der Waals surface area contributed by atoms with E-state index in [0.29, 0.717) is 0 Å². The van der Waals surface area contributed by atoms with Crippen LogP contribution in [0.1, 0.15) is 0 Å². The summed E-state index contributed by atoms with van der Waals surface area (Å²) in [5.41, 5.74) is 9.80. The Labute approximate surface area is 244 Å². The van der Waals surface area contributed by atoms with Gasteiger partial charge in [-0.1, -0.05) is 127 Å². The molecule has 0 fully saturated rings. The molecule has 0 saturated heterocycles. The molecule has 2 nitrogen and oxygen atoms in total. The topological polar surface area (TPSA) is 16.4 Å². The molecule has 0 amide bonds. The maximum Gasteiger partial charge on any atom is 0.137 e. The molecule has 7 aromatic carbocycles. The fraction of sp³-hybridized carbons (Fsp3) is 0. The summed E-state index contributed by atoms with van der Waals surface area (Å²) in [5.74, 6) is 0. The molecule has 0 N–H and O–H groups in total. The Morgan fingerprint density at radius 1 is 0.381 bits per heavy atom. The van der Waals surface area contributed by atoms with Crippen LogP contribution >= 0.6 is 0 Å². The molecular weight excluding hydrogens is 510 g/mol. The van der Waals surface area contributed by atoms with Gasteiger partial charge >= 0.3 is 0 Å². The highest BCUT2D eigenvalue weighted by molar-refractivity contribution is 6.18. The molecule has 0 bridgehead atoms. The third kappa shape index (κ3) is 3.96. The van der Waals surface area contributed by atoms with Crippen molar-refractivity contribution < 1.29 is 4.42 Å². The summed E-state index contributed by atoms with van der Waals surface area (Å²) >= 11 is 0. The highest BCUT2D eigenvalue weighted by Gasteiger charge is 2.25. The number of anilines is 3. The van der Waals surface area contributed by atoms with Crippen LogP contribution in [0.4, 0.5) is 17.1 Å². The van der Waals surface area contributed by atoms with Gasteiger partial charge in [0.15, 0.2) is 0 Å². The molecule has 1 heterocycles. The second-order valence-electron chi connectivity index (χ2n) is 10.5. The van der Waals surface area contributed by atoms with Crippen molar-refractivity contribution in [1.29, 1.82) is 0 Å². The SMILES string of the molecule is c1ccc(-c2ccc3oc4ccccc4c3c2N(c2ccccc2)c2ccc(-c3ccccc3)c3ccccc23)cc1. The Kier molecular flexibility index (Phi) is 5.82. The van der Waals surface area contributed by atoms with Crippen LogP contribution in [0.2, 0.25) is 0 Å². The number of nitrogens with zero attached hydrogens (tertiary/aromatic N) is 1. The Hall–Kier alpha value is -5.60. The van der Waals surface area contributed by atoms with E-state index in [2.05, 4.69) is 163 Å². The molecule has 2 heteroatoms. The summed E-state index contributed by atoms with van der Waals surface area (Å²) in [6, 6.07) is 57.9. The van der Waals surface area contributed by atoms with Gasteiger partial charge in [0.25, 0.3) is 0 Å². The zero-order valence-corrected chi connectivity index (χ0v) is 22.9. The maximum atomic E-state index is 6.44. The zero-order chi connectivity index (χ0) is 27.9. The van der Waals surface area contributed by atoms with Gasteiger partial charge in [-0.2, -0.15) is 0 Å². The van der Waals surface area contributed by atoms with E-state index in [-0.39, 0.29) is 0 Å². The van der Waals surface area contributed by atoms with E-state index in [4.69, 9.17) is 4.42 Å². The van der Waals surface area contributed by atoms with E-state index in [1.165, 1.54) is 21.9 Å². The average molecular weight is 538 g/mol. The minimum atomic E-state index is 0.872.